The number of amides is 1. The Balaban J connectivity index is 2.15. The fraction of sp³-hybridized carbons (Fsp3) is 0.833. The van der Waals surface area contributed by atoms with Gasteiger partial charge in [-0.15, -0.1) is 6.58 Å². The topological polar surface area (TPSA) is 78.8 Å². The number of allylic oxidation sites excluding steroid dienone is 1. The van der Waals surface area contributed by atoms with Crippen LogP contribution in [0.4, 0.5) is 0 Å². The lowest BCUT2D eigenvalue weighted by molar-refractivity contribution is -0.417. The zero-order valence-electron chi connectivity index (χ0n) is 14.8. The largest absolute Gasteiger partial charge is 0.393 e. The minimum absolute atomic E-state index is 0.0857. The molecule has 3 N–H and O–H groups in total. The van der Waals surface area contributed by atoms with E-state index in [9.17, 15) is 15.0 Å². The van der Waals surface area contributed by atoms with Gasteiger partial charge in [0.25, 0.3) is 0 Å². The van der Waals surface area contributed by atoms with Gasteiger partial charge in [-0.05, 0) is 45.4 Å². The second-order valence-corrected chi connectivity index (χ2v) is 7.52. The van der Waals surface area contributed by atoms with Crippen molar-refractivity contribution in [1.29, 1.82) is 0 Å². The summed E-state index contributed by atoms with van der Waals surface area (Å²) in [5, 5.41) is 24.2. The van der Waals surface area contributed by atoms with Crippen LogP contribution in [0.3, 0.4) is 0 Å². The van der Waals surface area contributed by atoms with Crippen LogP contribution in [0, 0.1) is 11.8 Å². The molecular formula is C18H31NO4. The van der Waals surface area contributed by atoms with Gasteiger partial charge >= 0.3 is 0 Å². The summed E-state index contributed by atoms with van der Waals surface area (Å²) >= 11 is 0. The van der Waals surface area contributed by atoms with Crippen LogP contribution in [0.5, 0.6) is 0 Å². The second kappa shape index (κ2) is 6.19. The van der Waals surface area contributed by atoms with E-state index >= 15 is 0 Å². The molecule has 0 aliphatic carbocycles. The molecule has 2 aliphatic heterocycles. The standard InChI is InChI=1S/C18H31NO4/c1-6-8-9-10-12(3)14(20)11-18-16(4,23-17(18,5)22)13(7-2)15(21)19-18/h6,12-14,20,22H,1,7-11H2,2-5H3,(H,19,21)/t12-,13-,14?,16+,17?,18-/m1/s1. The first-order valence-corrected chi connectivity index (χ1v) is 8.68. The van der Waals surface area contributed by atoms with Crippen LogP contribution in [0.15, 0.2) is 12.7 Å². The molecule has 2 aliphatic rings. The molecule has 2 unspecified atom stereocenters. The number of carbonyl (C=O) groups excluding carboxylic acids is 1. The fourth-order valence-electron chi connectivity index (χ4n) is 4.47. The average Bonchev–Trinajstić information content (AvgIpc) is 2.63. The van der Waals surface area contributed by atoms with E-state index in [2.05, 4.69) is 11.9 Å². The molecule has 1 amide bonds. The predicted octanol–water partition coefficient (Wildman–Crippen LogP) is 2.12. The molecule has 0 aromatic carbocycles. The summed E-state index contributed by atoms with van der Waals surface area (Å²) < 4.78 is 5.74. The van der Waals surface area contributed by atoms with Crippen LogP contribution in [-0.2, 0) is 9.53 Å². The highest BCUT2D eigenvalue weighted by Gasteiger charge is 2.79. The van der Waals surface area contributed by atoms with Gasteiger partial charge in [0.2, 0.25) is 5.91 Å². The average molecular weight is 325 g/mol. The molecule has 2 heterocycles. The molecule has 0 radical (unpaired) electrons. The van der Waals surface area contributed by atoms with Crippen molar-refractivity contribution < 1.29 is 19.7 Å². The number of hydrogen-bond acceptors (Lipinski definition) is 4. The van der Waals surface area contributed by atoms with Crippen molar-refractivity contribution in [3.63, 3.8) is 0 Å². The maximum atomic E-state index is 12.3. The minimum atomic E-state index is -1.46. The number of aliphatic hydroxyl groups is 2. The highest BCUT2D eigenvalue weighted by atomic mass is 16.7. The molecule has 2 saturated heterocycles. The molecule has 0 aromatic rings. The van der Waals surface area contributed by atoms with Gasteiger partial charge in [-0.2, -0.15) is 0 Å². The van der Waals surface area contributed by atoms with E-state index in [1.165, 1.54) is 0 Å². The summed E-state index contributed by atoms with van der Waals surface area (Å²) in [6.45, 7) is 11.1. The lowest BCUT2D eigenvalue weighted by atomic mass is 9.62. The van der Waals surface area contributed by atoms with Crippen LogP contribution in [0.25, 0.3) is 0 Å². The normalized spacial score (nSPS) is 41.7. The quantitative estimate of drug-likeness (QED) is 0.472. The zero-order chi connectivity index (χ0) is 17.5. The first-order chi connectivity index (χ1) is 10.6. The fourth-order valence-corrected chi connectivity index (χ4v) is 4.47. The van der Waals surface area contributed by atoms with Crippen molar-refractivity contribution in [3.8, 4) is 0 Å². The number of hydrogen-bond donors (Lipinski definition) is 3. The molecule has 0 bridgehead atoms. The van der Waals surface area contributed by atoms with Crippen molar-refractivity contribution >= 4 is 5.91 Å². The summed E-state index contributed by atoms with van der Waals surface area (Å²) in [5.74, 6) is -1.77. The molecule has 5 nitrogen and oxygen atoms in total. The lowest BCUT2D eigenvalue weighted by Gasteiger charge is -2.63. The Hall–Kier alpha value is -0.910. The molecule has 0 aromatic heterocycles. The van der Waals surface area contributed by atoms with Crippen LogP contribution in [0.2, 0.25) is 0 Å². The van der Waals surface area contributed by atoms with Gasteiger partial charge in [0.15, 0.2) is 5.79 Å². The summed E-state index contributed by atoms with van der Waals surface area (Å²) in [4.78, 5) is 12.3. The number of nitrogens with one attached hydrogen (secondary N) is 1. The van der Waals surface area contributed by atoms with Crippen LogP contribution >= 0.6 is 0 Å². The van der Waals surface area contributed by atoms with Crippen LogP contribution in [-0.4, -0.2) is 39.2 Å². The lowest BCUT2D eigenvalue weighted by Crippen LogP contribution is -2.83. The van der Waals surface area contributed by atoms with Gasteiger partial charge in [-0.3, -0.25) is 4.79 Å². The van der Waals surface area contributed by atoms with Crippen molar-refractivity contribution in [2.45, 2.75) is 82.8 Å². The monoisotopic (exact) mass is 325 g/mol. The SMILES string of the molecule is C=CCCC[C@@H](C)C(O)C[C@@]12NC(=O)[C@@H](CC)[C@]1(C)OC2(C)O. The first-order valence-electron chi connectivity index (χ1n) is 8.68. The summed E-state index contributed by atoms with van der Waals surface area (Å²) in [5.41, 5.74) is -1.70. The molecular weight excluding hydrogens is 294 g/mol. The van der Waals surface area contributed by atoms with Gasteiger partial charge in [-0.25, -0.2) is 0 Å². The molecule has 23 heavy (non-hydrogen) atoms. The summed E-state index contributed by atoms with van der Waals surface area (Å²) in [7, 11) is 0. The van der Waals surface area contributed by atoms with E-state index in [1.54, 1.807) is 6.92 Å². The third kappa shape index (κ3) is 2.63. The highest BCUT2D eigenvalue weighted by molar-refractivity contribution is 5.85. The van der Waals surface area contributed by atoms with Crippen molar-refractivity contribution in [2.24, 2.45) is 11.8 Å². The minimum Gasteiger partial charge on any atom is -0.393 e. The molecule has 5 heteroatoms. The van der Waals surface area contributed by atoms with E-state index in [0.29, 0.717) is 12.8 Å². The number of unbranched alkanes of at least 4 members (excludes halogenated alkanes) is 1. The number of aliphatic hydroxyl groups excluding tert-OH is 1. The van der Waals surface area contributed by atoms with Crippen molar-refractivity contribution in [3.05, 3.63) is 12.7 Å². The van der Waals surface area contributed by atoms with Crippen molar-refractivity contribution in [1.82, 2.24) is 5.32 Å². The number of carbonyl (C=O) groups is 1. The van der Waals surface area contributed by atoms with Gasteiger partial charge in [0.1, 0.15) is 11.1 Å². The maximum absolute atomic E-state index is 12.3. The van der Waals surface area contributed by atoms with E-state index in [0.717, 1.165) is 19.3 Å². The molecule has 2 fully saturated rings. The number of fused-ring (bicyclic) bond motifs is 1. The zero-order valence-corrected chi connectivity index (χ0v) is 14.8. The van der Waals surface area contributed by atoms with E-state index in [4.69, 9.17) is 4.74 Å². The summed E-state index contributed by atoms with van der Waals surface area (Å²) in [6.07, 6.45) is 5.00. The Morgan fingerprint density at radius 2 is 2.13 bits per heavy atom. The molecule has 2 rings (SSSR count). The Morgan fingerprint density at radius 3 is 2.65 bits per heavy atom. The smallest absolute Gasteiger partial charge is 0.226 e. The highest BCUT2D eigenvalue weighted by Crippen LogP contribution is 2.59. The van der Waals surface area contributed by atoms with Crippen LogP contribution in [0.1, 0.15) is 59.8 Å². The molecule has 0 spiro atoms. The van der Waals surface area contributed by atoms with Gasteiger partial charge in [0.05, 0.1) is 12.0 Å². The second-order valence-electron chi connectivity index (χ2n) is 7.52. The Kier molecular flexibility index (Phi) is 4.96. The summed E-state index contributed by atoms with van der Waals surface area (Å²) in [6, 6.07) is 0. The third-order valence-corrected chi connectivity index (χ3v) is 6.02. The Bertz CT molecular complexity index is 478. The molecule has 0 saturated carbocycles. The predicted molar refractivity (Wildman–Crippen MR) is 88.6 cm³/mol. The van der Waals surface area contributed by atoms with Crippen molar-refractivity contribution in [2.75, 3.05) is 0 Å². The third-order valence-electron chi connectivity index (χ3n) is 6.02. The number of rotatable bonds is 8. The van der Waals surface area contributed by atoms with E-state index in [1.807, 2.05) is 26.8 Å². The van der Waals surface area contributed by atoms with Gasteiger partial charge in [-0.1, -0.05) is 19.9 Å². The molecule has 6 atom stereocenters. The van der Waals surface area contributed by atoms with Crippen LogP contribution < -0.4 is 5.32 Å². The van der Waals surface area contributed by atoms with Gasteiger partial charge < -0.3 is 20.3 Å². The van der Waals surface area contributed by atoms with Gasteiger partial charge in [0, 0.05) is 6.42 Å². The Labute approximate surface area is 139 Å². The molecule has 132 valence electrons. The first kappa shape index (κ1) is 18.4. The maximum Gasteiger partial charge on any atom is 0.226 e. The van der Waals surface area contributed by atoms with E-state index < -0.39 is 23.0 Å². The number of ether oxygens (including phenoxy) is 1. The Morgan fingerprint density at radius 1 is 1.48 bits per heavy atom. The van der Waals surface area contributed by atoms with E-state index in [-0.39, 0.29) is 17.7 Å².